The van der Waals surface area contributed by atoms with Crippen LogP contribution >= 0.6 is 11.6 Å². The average molecular weight is 371 g/mol. The number of hydrogen-bond donors (Lipinski definition) is 1. The Hall–Kier alpha value is -2.04. The molecule has 0 aliphatic carbocycles. The second kappa shape index (κ2) is 7.68. The smallest absolute Gasteiger partial charge is 0.137 e. The van der Waals surface area contributed by atoms with Crippen LogP contribution in [0, 0.1) is 5.41 Å². The quantitative estimate of drug-likeness (QED) is 0.801. The van der Waals surface area contributed by atoms with E-state index >= 15 is 0 Å². The van der Waals surface area contributed by atoms with E-state index in [1.165, 1.54) is 5.56 Å². The van der Waals surface area contributed by atoms with Gasteiger partial charge in [-0.15, -0.1) is 0 Å². The van der Waals surface area contributed by atoms with E-state index in [4.69, 9.17) is 26.1 Å². The summed E-state index contributed by atoms with van der Waals surface area (Å²) in [6.07, 6.45) is 3.01. The number of anilines is 1. The molecule has 1 saturated heterocycles. The molecule has 5 heteroatoms. The molecule has 0 radical (unpaired) electrons. The molecule has 0 saturated carbocycles. The van der Waals surface area contributed by atoms with Crippen LogP contribution in [-0.2, 0) is 11.2 Å². The van der Waals surface area contributed by atoms with Crippen molar-refractivity contribution in [1.29, 1.82) is 0 Å². The third kappa shape index (κ3) is 3.57. The predicted octanol–water partition coefficient (Wildman–Crippen LogP) is 4.58. The summed E-state index contributed by atoms with van der Waals surface area (Å²) in [5.74, 6) is 1.78. The Morgan fingerprint density at radius 2 is 1.85 bits per heavy atom. The van der Waals surface area contributed by atoms with Crippen molar-refractivity contribution in [2.45, 2.75) is 19.3 Å². The van der Waals surface area contributed by atoms with Gasteiger partial charge in [-0.05, 0) is 43.0 Å². The number of halogens is 1. The predicted molar refractivity (Wildman–Crippen MR) is 106 cm³/mol. The maximum absolute atomic E-state index is 6.14. The number of para-hydroxylation sites is 2. The molecule has 2 aromatic carbocycles. The molecule has 136 valence electrons. The Morgan fingerprint density at radius 1 is 1.08 bits per heavy atom. The molecule has 0 bridgehead atoms. The zero-order chi connectivity index (χ0) is 17.8. The third-order valence-corrected chi connectivity index (χ3v) is 5.52. The number of fused-ring (bicyclic) bond motifs is 1. The van der Waals surface area contributed by atoms with Gasteiger partial charge in [0, 0.05) is 24.3 Å². The molecule has 2 aromatic rings. The third-order valence-electron chi connectivity index (χ3n) is 5.21. The van der Waals surface area contributed by atoms with Gasteiger partial charge in [0.05, 0.1) is 11.6 Å². The fraction of sp³-hybridized carbons (Fsp3) is 0.381. The van der Waals surface area contributed by atoms with Crippen LogP contribution in [-0.4, -0.2) is 32.2 Å². The van der Waals surface area contributed by atoms with Crippen LogP contribution in [0.5, 0.6) is 5.75 Å². The second-order valence-electron chi connectivity index (χ2n) is 6.86. The van der Waals surface area contributed by atoms with E-state index in [0.29, 0.717) is 23.9 Å². The Labute approximate surface area is 159 Å². The largest absolute Gasteiger partial charge is 0.490 e. The standard InChI is InChI=1S/C21H23ClN2O2/c22-17-6-2-4-8-19(17)26-14-11-23-20-21(9-12-25-13-10-21)15-16-5-1-3-7-18(16)24-20/h1-8H,9-15H2,(H,23,24). The molecule has 4 nitrogen and oxygen atoms in total. The first kappa shape index (κ1) is 17.4. The van der Waals surface area contributed by atoms with Gasteiger partial charge in [-0.1, -0.05) is 41.9 Å². The van der Waals surface area contributed by atoms with Crippen molar-refractivity contribution in [1.82, 2.24) is 0 Å². The van der Waals surface area contributed by atoms with Gasteiger partial charge >= 0.3 is 0 Å². The molecule has 0 amide bonds. The SMILES string of the molecule is Clc1ccccc1OCCN=C1Nc2ccccc2CC12CCOCC2. The van der Waals surface area contributed by atoms with Gasteiger partial charge in [0.2, 0.25) is 0 Å². The van der Waals surface area contributed by atoms with Crippen molar-refractivity contribution in [3.63, 3.8) is 0 Å². The van der Waals surface area contributed by atoms with Gasteiger partial charge in [0.15, 0.2) is 0 Å². The fourth-order valence-electron chi connectivity index (χ4n) is 3.76. The molecule has 0 atom stereocenters. The zero-order valence-corrected chi connectivity index (χ0v) is 15.5. The van der Waals surface area contributed by atoms with E-state index in [0.717, 1.165) is 44.0 Å². The molecule has 2 heterocycles. The van der Waals surface area contributed by atoms with Crippen LogP contribution in [0.25, 0.3) is 0 Å². The van der Waals surface area contributed by atoms with Crippen LogP contribution in [0.3, 0.4) is 0 Å². The van der Waals surface area contributed by atoms with E-state index in [1.807, 2.05) is 24.3 Å². The molecule has 1 spiro atoms. The normalized spacial score (nSPS) is 19.8. The first-order valence-corrected chi connectivity index (χ1v) is 9.50. The van der Waals surface area contributed by atoms with Gasteiger partial charge in [-0.3, -0.25) is 4.99 Å². The Kier molecular flexibility index (Phi) is 5.14. The number of benzene rings is 2. The summed E-state index contributed by atoms with van der Waals surface area (Å²) in [4.78, 5) is 4.89. The molecule has 0 aromatic heterocycles. The summed E-state index contributed by atoms with van der Waals surface area (Å²) >= 11 is 6.14. The molecule has 2 aliphatic heterocycles. The summed E-state index contributed by atoms with van der Waals surface area (Å²) in [7, 11) is 0. The lowest BCUT2D eigenvalue weighted by molar-refractivity contribution is 0.0448. The van der Waals surface area contributed by atoms with Gasteiger partial charge in [-0.25, -0.2) is 0 Å². The summed E-state index contributed by atoms with van der Waals surface area (Å²) in [5, 5.41) is 4.21. The average Bonchev–Trinajstić information content (AvgIpc) is 2.67. The first-order chi connectivity index (χ1) is 12.8. The summed E-state index contributed by atoms with van der Waals surface area (Å²) < 4.78 is 11.4. The number of aliphatic imine (C=N–C) groups is 1. The molecule has 2 aliphatic rings. The summed E-state index contributed by atoms with van der Waals surface area (Å²) in [6.45, 7) is 2.68. The van der Waals surface area contributed by atoms with E-state index in [-0.39, 0.29) is 5.41 Å². The number of rotatable bonds is 4. The van der Waals surface area contributed by atoms with Crippen molar-refractivity contribution < 1.29 is 9.47 Å². The van der Waals surface area contributed by atoms with Crippen molar-refractivity contribution >= 4 is 23.1 Å². The lowest BCUT2D eigenvalue weighted by Crippen LogP contribution is -2.46. The highest BCUT2D eigenvalue weighted by atomic mass is 35.5. The van der Waals surface area contributed by atoms with Crippen LogP contribution < -0.4 is 10.1 Å². The van der Waals surface area contributed by atoms with Gasteiger partial charge in [0.1, 0.15) is 18.2 Å². The van der Waals surface area contributed by atoms with Crippen molar-refractivity contribution in [3.8, 4) is 5.75 Å². The number of nitrogens with one attached hydrogen (secondary N) is 1. The number of nitrogens with zero attached hydrogens (tertiary/aromatic N) is 1. The lowest BCUT2D eigenvalue weighted by Gasteiger charge is -2.42. The zero-order valence-electron chi connectivity index (χ0n) is 14.7. The van der Waals surface area contributed by atoms with Gasteiger partial charge < -0.3 is 14.8 Å². The van der Waals surface area contributed by atoms with Crippen molar-refractivity contribution in [2.75, 3.05) is 31.7 Å². The maximum Gasteiger partial charge on any atom is 0.137 e. The highest BCUT2D eigenvalue weighted by Crippen LogP contribution is 2.41. The Balaban J connectivity index is 1.49. The van der Waals surface area contributed by atoms with Gasteiger partial charge in [0.25, 0.3) is 0 Å². The molecular formula is C21H23ClN2O2. The van der Waals surface area contributed by atoms with Crippen LogP contribution in [0.2, 0.25) is 5.02 Å². The minimum atomic E-state index is 0.0526. The van der Waals surface area contributed by atoms with Gasteiger partial charge in [-0.2, -0.15) is 0 Å². The number of hydrogen-bond acceptors (Lipinski definition) is 3. The molecule has 26 heavy (non-hydrogen) atoms. The van der Waals surface area contributed by atoms with E-state index in [1.54, 1.807) is 0 Å². The second-order valence-corrected chi connectivity index (χ2v) is 7.27. The molecule has 0 unspecified atom stereocenters. The monoisotopic (exact) mass is 370 g/mol. The lowest BCUT2D eigenvalue weighted by atomic mass is 9.71. The molecule has 1 N–H and O–H groups in total. The van der Waals surface area contributed by atoms with Crippen molar-refractivity contribution in [2.24, 2.45) is 10.4 Å². The Bertz CT molecular complexity index is 800. The van der Waals surface area contributed by atoms with E-state index < -0.39 is 0 Å². The fourth-order valence-corrected chi connectivity index (χ4v) is 3.95. The minimum absolute atomic E-state index is 0.0526. The topological polar surface area (TPSA) is 42.8 Å². The molecule has 1 fully saturated rings. The molecule has 4 rings (SSSR count). The van der Waals surface area contributed by atoms with E-state index in [9.17, 15) is 0 Å². The van der Waals surface area contributed by atoms with Crippen molar-refractivity contribution in [3.05, 3.63) is 59.1 Å². The van der Waals surface area contributed by atoms with Crippen LogP contribution in [0.4, 0.5) is 5.69 Å². The summed E-state index contributed by atoms with van der Waals surface area (Å²) in [6, 6.07) is 16.0. The summed E-state index contributed by atoms with van der Waals surface area (Å²) in [5.41, 5.74) is 2.58. The van der Waals surface area contributed by atoms with E-state index in [2.05, 4.69) is 29.6 Å². The molecular weight excluding hydrogens is 348 g/mol. The van der Waals surface area contributed by atoms with Crippen LogP contribution in [0.15, 0.2) is 53.5 Å². The maximum atomic E-state index is 6.14. The minimum Gasteiger partial charge on any atom is -0.490 e. The Morgan fingerprint density at radius 3 is 2.69 bits per heavy atom. The highest BCUT2D eigenvalue weighted by Gasteiger charge is 2.41. The number of amidine groups is 1. The highest BCUT2D eigenvalue weighted by molar-refractivity contribution is 6.32. The number of ether oxygens (including phenoxy) is 2. The van der Waals surface area contributed by atoms with Crippen LogP contribution in [0.1, 0.15) is 18.4 Å². The first-order valence-electron chi connectivity index (χ1n) is 9.12.